The van der Waals surface area contributed by atoms with E-state index in [4.69, 9.17) is 9.47 Å². The molecule has 0 atom stereocenters. The normalized spacial score (nSPS) is 10.9. The van der Waals surface area contributed by atoms with Crippen molar-refractivity contribution in [1.29, 1.82) is 0 Å². The molecule has 1 aromatic rings. The molecule has 0 aromatic heterocycles. The van der Waals surface area contributed by atoms with Gasteiger partial charge >= 0.3 is 11.9 Å². The van der Waals surface area contributed by atoms with E-state index < -0.39 is 17.9 Å². The summed E-state index contributed by atoms with van der Waals surface area (Å²) < 4.78 is 10.7. The van der Waals surface area contributed by atoms with Crippen LogP contribution in [0.2, 0.25) is 0 Å². The maximum absolute atomic E-state index is 11.8. The molecule has 0 saturated heterocycles. The summed E-state index contributed by atoms with van der Waals surface area (Å²) in [6.07, 6.45) is 1.27. The minimum absolute atomic E-state index is 0.194. The van der Waals surface area contributed by atoms with E-state index in [2.05, 4.69) is 20.9 Å². The molecule has 0 amide bonds. The second kappa shape index (κ2) is 8.56. The van der Waals surface area contributed by atoms with Crippen molar-refractivity contribution >= 4 is 39.8 Å². The number of benzene rings is 1. The molecule has 0 N–H and O–H groups in total. The predicted octanol–water partition coefficient (Wildman–Crippen LogP) is 3.20. The topological polar surface area (TPSA) is 65.0 Å². The maximum Gasteiger partial charge on any atom is 0.325 e. The van der Waals surface area contributed by atoms with Gasteiger partial charge in [-0.1, -0.05) is 15.9 Å². The molecule has 0 saturated carbocycles. The average Bonchev–Trinajstić information content (AvgIpc) is 2.41. The molecule has 21 heavy (non-hydrogen) atoms. The van der Waals surface area contributed by atoms with E-state index in [0.29, 0.717) is 5.69 Å². The molecule has 6 heteroatoms. The van der Waals surface area contributed by atoms with Gasteiger partial charge in [-0.15, -0.1) is 0 Å². The van der Waals surface area contributed by atoms with E-state index in [-0.39, 0.29) is 13.2 Å². The summed E-state index contributed by atoms with van der Waals surface area (Å²) in [5, 5.41) is 0. The summed E-state index contributed by atoms with van der Waals surface area (Å²) in [5.41, 5.74) is 1.60. The molecular weight excluding hydrogens is 338 g/mol. The average molecular weight is 356 g/mol. The van der Waals surface area contributed by atoms with Crippen molar-refractivity contribution in [2.24, 2.45) is 10.9 Å². The highest BCUT2D eigenvalue weighted by molar-refractivity contribution is 9.10. The Morgan fingerprint density at radius 2 is 1.81 bits per heavy atom. The van der Waals surface area contributed by atoms with Gasteiger partial charge in [-0.05, 0) is 44.5 Å². The molecule has 0 aliphatic heterocycles. The summed E-state index contributed by atoms with van der Waals surface area (Å²) in [4.78, 5) is 27.8. The molecule has 5 nitrogen and oxygen atoms in total. The molecule has 0 spiro atoms. The number of ether oxygens (including phenoxy) is 2. The number of esters is 2. The number of aryl methyl sites for hydroxylation is 1. The molecule has 0 heterocycles. The lowest BCUT2D eigenvalue weighted by molar-refractivity contribution is -0.157. The number of hydrogen-bond donors (Lipinski definition) is 0. The molecule has 114 valence electrons. The largest absolute Gasteiger partial charge is 0.465 e. The third-order valence-electron chi connectivity index (χ3n) is 2.60. The van der Waals surface area contributed by atoms with Crippen LogP contribution >= 0.6 is 15.9 Å². The Hall–Kier alpha value is -1.69. The fraction of sp³-hybridized carbons (Fsp3) is 0.400. The number of nitrogens with zero attached hydrogens (tertiary/aromatic N) is 1. The number of aliphatic imine (C=N–C) groups is 1. The molecule has 0 unspecified atom stereocenters. The standard InChI is InChI=1S/C15H18BrNO4/c1-4-20-14(18)12(15(19)21-5-2)9-17-13-7-6-11(16)8-10(13)3/h6-9,12H,4-5H2,1-3H3. The number of carbonyl (C=O) groups excluding carboxylic acids is 2. The Kier molecular flexibility index (Phi) is 7.08. The van der Waals surface area contributed by atoms with E-state index in [9.17, 15) is 9.59 Å². The van der Waals surface area contributed by atoms with Gasteiger partial charge in [0.05, 0.1) is 18.9 Å². The van der Waals surface area contributed by atoms with Crippen molar-refractivity contribution in [3.05, 3.63) is 28.2 Å². The van der Waals surface area contributed by atoms with Crippen LogP contribution in [0.15, 0.2) is 27.7 Å². The first kappa shape index (κ1) is 17.4. The van der Waals surface area contributed by atoms with Crippen LogP contribution in [-0.4, -0.2) is 31.4 Å². The quantitative estimate of drug-likeness (QED) is 0.446. The monoisotopic (exact) mass is 355 g/mol. The minimum atomic E-state index is -1.15. The number of halogens is 1. The van der Waals surface area contributed by atoms with Crippen molar-refractivity contribution in [3.63, 3.8) is 0 Å². The van der Waals surface area contributed by atoms with Crippen LogP contribution in [0.3, 0.4) is 0 Å². The lowest BCUT2D eigenvalue weighted by Gasteiger charge is -2.10. The van der Waals surface area contributed by atoms with Crippen LogP contribution in [-0.2, 0) is 19.1 Å². The van der Waals surface area contributed by atoms with Crippen molar-refractivity contribution in [3.8, 4) is 0 Å². The highest BCUT2D eigenvalue weighted by Crippen LogP contribution is 2.22. The molecule has 1 rings (SSSR count). The number of carbonyl (C=O) groups is 2. The summed E-state index contributed by atoms with van der Waals surface area (Å²) in [7, 11) is 0. The molecular formula is C15H18BrNO4. The zero-order valence-corrected chi connectivity index (χ0v) is 13.8. The van der Waals surface area contributed by atoms with E-state index in [0.717, 1.165) is 10.0 Å². The van der Waals surface area contributed by atoms with Crippen LogP contribution in [0, 0.1) is 12.8 Å². The van der Waals surface area contributed by atoms with Crippen LogP contribution in [0.25, 0.3) is 0 Å². The van der Waals surface area contributed by atoms with Gasteiger partial charge in [-0.25, -0.2) is 0 Å². The maximum atomic E-state index is 11.8. The van der Waals surface area contributed by atoms with E-state index >= 15 is 0 Å². The van der Waals surface area contributed by atoms with Gasteiger partial charge in [0.1, 0.15) is 0 Å². The smallest absolute Gasteiger partial charge is 0.325 e. The zero-order valence-electron chi connectivity index (χ0n) is 12.3. The second-order valence-electron chi connectivity index (χ2n) is 4.19. The van der Waals surface area contributed by atoms with Crippen LogP contribution in [0.4, 0.5) is 5.69 Å². The van der Waals surface area contributed by atoms with Crippen molar-refractivity contribution in [2.45, 2.75) is 20.8 Å². The Bertz CT molecular complexity index is 524. The van der Waals surface area contributed by atoms with Crippen molar-refractivity contribution in [1.82, 2.24) is 0 Å². The Balaban J connectivity index is 2.96. The second-order valence-corrected chi connectivity index (χ2v) is 5.11. The molecule has 0 radical (unpaired) electrons. The zero-order chi connectivity index (χ0) is 15.8. The first-order valence-corrected chi connectivity index (χ1v) is 7.42. The molecule has 0 aliphatic rings. The van der Waals surface area contributed by atoms with Crippen molar-refractivity contribution in [2.75, 3.05) is 13.2 Å². The van der Waals surface area contributed by atoms with E-state index in [1.54, 1.807) is 19.9 Å². The Labute approximate surface area is 132 Å². The fourth-order valence-electron chi connectivity index (χ4n) is 1.60. The third kappa shape index (κ3) is 5.30. The van der Waals surface area contributed by atoms with E-state index in [1.165, 1.54) is 6.21 Å². The van der Waals surface area contributed by atoms with Crippen LogP contribution in [0.1, 0.15) is 19.4 Å². The number of hydrogen-bond acceptors (Lipinski definition) is 5. The lowest BCUT2D eigenvalue weighted by atomic mass is 10.1. The third-order valence-corrected chi connectivity index (χ3v) is 3.10. The highest BCUT2D eigenvalue weighted by atomic mass is 79.9. The SMILES string of the molecule is CCOC(=O)C(C=Nc1ccc(Br)cc1C)C(=O)OCC. The first-order chi connectivity index (χ1) is 9.99. The highest BCUT2D eigenvalue weighted by Gasteiger charge is 2.27. The summed E-state index contributed by atoms with van der Waals surface area (Å²) in [5.74, 6) is -2.46. The van der Waals surface area contributed by atoms with Gasteiger partial charge in [-0.3, -0.25) is 14.6 Å². The van der Waals surface area contributed by atoms with Gasteiger partial charge in [0, 0.05) is 10.7 Å². The molecule has 1 aromatic carbocycles. The minimum Gasteiger partial charge on any atom is -0.465 e. The van der Waals surface area contributed by atoms with Crippen molar-refractivity contribution < 1.29 is 19.1 Å². The fourth-order valence-corrected chi connectivity index (χ4v) is 2.08. The Morgan fingerprint density at radius 3 is 2.29 bits per heavy atom. The van der Waals surface area contributed by atoms with Crippen LogP contribution in [0.5, 0.6) is 0 Å². The predicted molar refractivity (Wildman–Crippen MR) is 83.8 cm³/mol. The van der Waals surface area contributed by atoms with Gasteiger partial charge in [0.15, 0.2) is 5.92 Å². The lowest BCUT2D eigenvalue weighted by Crippen LogP contribution is -2.29. The number of rotatable bonds is 6. The van der Waals surface area contributed by atoms with Gasteiger partial charge in [0.25, 0.3) is 0 Å². The summed E-state index contributed by atoms with van der Waals surface area (Å²) >= 11 is 3.36. The molecule has 0 aliphatic carbocycles. The van der Waals surface area contributed by atoms with E-state index in [1.807, 2.05) is 19.1 Å². The van der Waals surface area contributed by atoms with Gasteiger partial charge in [0.2, 0.25) is 0 Å². The van der Waals surface area contributed by atoms with Crippen LogP contribution < -0.4 is 0 Å². The van der Waals surface area contributed by atoms with Gasteiger partial charge < -0.3 is 9.47 Å². The first-order valence-electron chi connectivity index (χ1n) is 6.63. The summed E-state index contributed by atoms with van der Waals surface area (Å²) in [6.45, 7) is 5.63. The molecule has 0 bridgehead atoms. The Morgan fingerprint density at radius 1 is 1.24 bits per heavy atom. The summed E-state index contributed by atoms with van der Waals surface area (Å²) in [6, 6.07) is 5.53. The van der Waals surface area contributed by atoms with Gasteiger partial charge in [-0.2, -0.15) is 0 Å². The molecule has 0 fully saturated rings.